The summed E-state index contributed by atoms with van der Waals surface area (Å²) >= 11 is 0. The van der Waals surface area contributed by atoms with Crippen molar-refractivity contribution in [2.45, 2.75) is 364 Å². The summed E-state index contributed by atoms with van der Waals surface area (Å²) in [5.74, 6) is -0.201. The maximum Gasteiger partial charge on any atom is 0.220 e. The van der Waals surface area contributed by atoms with Gasteiger partial charge in [0.25, 0.3) is 0 Å². The Morgan fingerprint density at radius 1 is 0.427 bits per heavy atom. The van der Waals surface area contributed by atoms with E-state index in [1.807, 2.05) is 0 Å². The average molecular weight is 1070 g/mol. The molecule has 446 valence electrons. The normalized spacial score (nSPS) is 24.9. The summed E-state index contributed by atoms with van der Waals surface area (Å²) in [5.41, 5.74) is 0. The topological polar surface area (TPSA) is 228 Å². The van der Waals surface area contributed by atoms with Gasteiger partial charge in [0.1, 0.15) is 48.8 Å². The second kappa shape index (κ2) is 47.8. The number of ether oxygens (including phenoxy) is 4. The SMILES string of the molecule is CCCCCCCCCCCCCCCCCCCCCCCCCCCCCC(O)C(COC1OC(CO)C(OC2OC(CO)C(O)C(O)C2O)C(O)C1O)NC(=O)CCCCCCCCCCCCCCCC. The first-order valence-electron chi connectivity index (χ1n) is 31.8. The van der Waals surface area contributed by atoms with Gasteiger partial charge in [-0.15, -0.1) is 0 Å². The summed E-state index contributed by atoms with van der Waals surface area (Å²) in [6.07, 6.45) is 36.9. The molecule has 2 fully saturated rings. The van der Waals surface area contributed by atoms with Crippen LogP contribution in [0.15, 0.2) is 0 Å². The van der Waals surface area contributed by atoms with Crippen LogP contribution < -0.4 is 5.32 Å². The number of unbranched alkanes of at least 4 members (excludes halogenated alkanes) is 39. The van der Waals surface area contributed by atoms with Gasteiger partial charge in [0.05, 0.1) is 32.0 Å². The molecule has 0 aromatic carbocycles. The minimum Gasteiger partial charge on any atom is -0.394 e. The van der Waals surface area contributed by atoms with Crippen LogP contribution in [-0.2, 0) is 23.7 Å². The summed E-state index contributed by atoms with van der Waals surface area (Å²) < 4.78 is 22.9. The average Bonchev–Trinajstić information content (AvgIpc) is 3.41. The Labute approximate surface area is 457 Å². The molecule has 0 aromatic heterocycles. The molecule has 14 nitrogen and oxygen atoms in total. The summed E-state index contributed by atoms with van der Waals surface area (Å²) in [6, 6.07) is -0.822. The lowest BCUT2D eigenvalue weighted by molar-refractivity contribution is -0.359. The predicted octanol–water partition coefficient (Wildman–Crippen LogP) is 11.3. The minimum absolute atomic E-state index is 0.201. The van der Waals surface area contributed by atoms with E-state index in [0.29, 0.717) is 12.8 Å². The largest absolute Gasteiger partial charge is 0.394 e. The molecule has 0 aromatic rings. The van der Waals surface area contributed by atoms with Crippen molar-refractivity contribution in [1.29, 1.82) is 0 Å². The fourth-order valence-electron chi connectivity index (χ4n) is 10.9. The van der Waals surface area contributed by atoms with Gasteiger partial charge < -0.3 is 65.1 Å². The monoisotopic (exact) mass is 1070 g/mol. The van der Waals surface area contributed by atoms with Crippen molar-refractivity contribution in [3.8, 4) is 0 Å². The molecule has 0 aliphatic carbocycles. The van der Waals surface area contributed by atoms with Gasteiger partial charge in [0.2, 0.25) is 5.91 Å². The van der Waals surface area contributed by atoms with Crippen molar-refractivity contribution < 1.29 is 64.6 Å². The lowest BCUT2D eigenvalue weighted by Crippen LogP contribution is -2.65. The lowest BCUT2D eigenvalue weighted by atomic mass is 9.97. The Balaban J connectivity index is 1.68. The van der Waals surface area contributed by atoms with Crippen LogP contribution in [0, 0.1) is 0 Å². The number of aliphatic hydroxyl groups excluding tert-OH is 8. The summed E-state index contributed by atoms with van der Waals surface area (Å²) in [7, 11) is 0. The second-order valence-corrected chi connectivity index (χ2v) is 22.9. The number of nitrogens with one attached hydrogen (secondary N) is 1. The van der Waals surface area contributed by atoms with Crippen LogP contribution in [0.2, 0.25) is 0 Å². The highest BCUT2D eigenvalue weighted by Crippen LogP contribution is 2.30. The number of hydrogen-bond donors (Lipinski definition) is 9. The molecule has 9 N–H and O–H groups in total. The molecular formula is C61H119NO13. The third kappa shape index (κ3) is 33.4. The van der Waals surface area contributed by atoms with Gasteiger partial charge in [0, 0.05) is 6.42 Å². The maximum absolute atomic E-state index is 13.3. The van der Waals surface area contributed by atoms with E-state index in [0.717, 1.165) is 51.4 Å². The van der Waals surface area contributed by atoms with Crippen molar-refractivity contribution in [2.75, 3.05) is 19.8 Å². The number of carbonyl (C=O) groups is 1. The zero-order chi connectivity index (χ0) is 54.6. The van der Waals surface area contributed by atoms with Gasteiger partial charge in [-0.3, -0.25) is 4.79 Å². The molecule has 12 atom stereocenters. The third-order valence-electron chi connectivity index (χ3n) is 16.1. The molecule has 75 heavy (non-hydrogen) atoms. The molecule has 0 saturated carbocycles. The smallest absolute Gasteiger partial charge is 0.220 e. The first-order valence-corrected chi connectivity index (χ1v) is 31.8. The van der Waals surface area contributed by atoms with E-state index in [4.69, 9.17) is 18.9 Å². The van der Waals surface area contributed by atoms with Gasteiger partial charge >= 0.3 is 0 Å². The molecule has 0 spiro atoms. The summed E-state index contributed by atoms with van der Waals surface area (Å²) in [4.78, 5) is 13.3. The number of rotatable bonds is 52. The molecule has 2 heterocycles. The highest BCUT2D eigenvalue weighted by molar-refractivity contribution is 5.76. The van der Waals surface area contributed by atoms with E-state index in [1.54, 1.807) is 0 Å². The van der Waals surface area contributed by atoms with Crippen LogP contribution in [0.25, 0.3) is 0 Å². The molecule has 2 aliphatic rings. The fraction of sp³-hybridized carbons (Fsp3) is 0.984. The van der Waals surface area contributed by atoms with Gasteiger partial charge in [0.15, 0.2) is 12.6 Å². The molecular weight excluding hydrogens is 955 g/mol. The minimum atomic E-state index is -1.78. The number of aliphatic hydroxyl groups is 8. The molecule has 0 radical (unpaired) electrons. The number of carbonyl (C=O) groups excluding carboxylic acids is 1. The zero-order valence-corrected chi connectivity index (χ0v) is 48.1. The van der Waals surface area contributed by atoms with Gasteiger partial charge in [-0.05, 0) is 12.8 Å². The first-order chi connectivity index (χ1) is 36.6. The van der Waals surface area contributed by atoms with Gasteiger partial charge in [-0.25, -0.2) is 0 Å². The maximum atomic E-state index is 13.3. The molecule has 0 bridgehead atoms. The fourth-order valence-corrected chi connectivity index (χ4v) is 10.9. The Morgan fingerprint density at radius 3 is 1.13 bits per heavy atom. The van der Waals surface area contributed by atoms with E-state index in [-0.39, 0.29) is 12.5 Å². The van der Waals surface area contributed by atoms with E-state index < -0.39 is 86.8 Å². The zero-order valence-electron chi connectivity index (χ0n) is 48.1. The van der Waals surface area contributed by atoms with E-state index in [1.165, 1.54) is 212 Å². The highest BCUT2D eigenvalue weighted by atomic mass is 16.7. The number of hydrogen-bond acceptors (Lipinski definition) is 13. The molecule has 1 amide bonds. The van der Waals surface area contributed by atoms with Crippen LogP contribution in [0.1, 0.15) is 290 Å². The Morgan fingerprint density at radius 2 is 0.760 bits per heavy atom. The molecule has 2 aliphatic heterocycles. The van der Waals surface area contributed by atoms with Crippen LogP contribution in [0.4, 0.5) is 0 Å². The number of amides is 1. The van der Waals surface area contributed by atoms with Crippen molar-refractivity contribution in [3.63, 3.8) is 0 Å². The third-order valence-corrected chi connectivity index (χ3v) is 16.1. The van der Waals surface area contributed by atoms with Crippen LogP contribution in [0.5, 0.6) is 0 Å². The summed E-state index contributed by atoms with van der Waals surface area (Å²) in [6.45, 7) is 2.90. The lowest BCUT2D eigenvalue weighted by Gasteiger charge is -2.46. The standard InChI is InChI=1S/C61H119NO13/c1-3-5-7-9-11-13-15-17-19-20-21-22-23-24-25-26-27-28-29-30-31-32-34-36-38-40-42-44-50(65)49(62-53(66)45-43-41-39-37-35-33-18-16-14-12-10-8-6-4-2)48-72-60-58(71)56(69)59(52(47-64)74-60)75-61-57(70)55(68)54(67)51(46-63)73-61/h49-52,54-61,63-65,67-71H,3-48H2,1-2H3,(H,62,66). The second-order valence-electron chi connectivity index (χ2n) is 22.9. The Hall–Kier alpha value is -1.01. The van der Waals surface area contributed by atoms with Gasteiger partial charge in [-0.2, -0.15) is 0 Å². The highest BCUT2D eigenvalue weighted by Gasteiger charge is 2.51. The Bertz CT molecular complexity index is 1270. The Kier molecular flexibility index (Phi) is 44.6. The van der Waals surface area contributed by atoms with E-state index >= 15 is 0 Å². The van der Waals surface area contributed by atoms with Crippen molar-refractivity contribution >= 4 is 5.91 Å². The molecule has 14 heteroatoms. The molecule has 2 rings (SSSR count). The van der Waals surface area contributed by atoms with Crippen molar-refractivity contribution in [1.82, 2.24) is 5.32 Å². The summed E-state index contributed by atoms with van der Waals surface area (Å²) in [5, 5.41) is 87.3. The van der Waals surface area contributed by atoms with E-state index in [9.17, 15) is 45.6 Å². The van der Waals surface area contributed by atoms with Crippen LogP contribution in [0.3, 0.4) is 0 Å². The van der Waals surface area contributed by atoms with Crippen molar-refractivity contribution in [3.05, 3.63) is 0 Å². The molecule has 2 saturated heterocycles. The van der Waals surface area contributed by atoms with Crippen LogP contribution >= 0.6 is 0 Å². The predicted molar refractivity (Wildman–Crippen MR) is 300 cm³/mol. The van der Waals surface area contributed by atoms with Crippen molar-refractivity contribution in [2.24, 2.45) is 0 Å². The van der Waals surface area contributed by atoms with Crippen LogP contribution in [-0.4, -0.2) is 140 Å². The van der Waals surface area contributed by atoms with Gasteiger partial charge in [-0.1, -0.05) is 271 Å². The first kappa shape index (κ1) is 70.1. The quantitative estimate of drug-likeness (QED) is 0.0259. The molecule has 12 unspecified atom stereocenters. The van der Waals surface area contributed by atoms with E-state index in [2.05, 4.69) is 19.2 Å².